The summed E-state index contributed by atoms with van der Waals surface area (Å²) < 4.78 is 1.47. The number of anilines is 1. The Morgan fingerprint density at radius 2 is 2.05 bits per heavy atom. The van der Waals surface area contributed by atoms with Crippen molar-refractivity contribution in [3.8, 4) is 0 Å². The smallest absolute Gasteiger partial charge is 0.341 e. The van der Waals surface area contributed by atoms with Gasteiger partial charge in [-0.25, -0.2) is 14.5 Å². The van der Waals surface area contributed by atoms with Crippen molar-refractivity contribution in [2.24, 2.45) is 0 Å². The Kier molecular flexibility index (Phi) is 3.25. The Hall–Kier alpha value is -2.57. The topological polar surface area (TPSA) is 87.5 Å². The van der Waals surface area contributed by atoms with Crippen molar-refractivity contribution in [1.29, 1.82) is 0 Å². The summed E-state index contributed by atoms with van der Waals surface area (Å²) in [6.07, 6.45) is 3.54. The third kappa shape index (κ3) is 2.20. The zero-order valence-electron chi connectivity index (χ0n) is 11.7. The molecule has 3 rings (SSSR count). The van der Waals surface area contributed by atoms with Crippen LogP contribution in [-0.4, -0.2) is 40.9 Å². The number of carbonyl (C=O) groups is 1. The number of nitrogens with one attached hydrogen (secondary N) is 1. The molecule has 0 saturated carbocycles. The molecule has 21 heavy (non-hydrogen) atoms. The molecule has 1 fully saturated rings. The molecule has 1 aliphatic heterocycles. The van der Waals surface area contributed by atoms with Crippen molar-refractivity contribution in [2.75, 3.05) is 30.5 Å². The lowest BCUT2D eigenvalue weighted by atomic mass is 10.2. The molecule has 3 heterocycles. The largest absolute Gasteiger partial charge is 0.477 e. The first kappa shape index (κ1) is 13.4. The van der Waals surface area contributed by atoms with Gasteiger partial charge < -0.3 is 15.4 Å². The zero-order valence-corrected chi connectivity index (χ0v) is 11.7. The first-order chi connectivity index (χ1) is 10.1. The lowest BCUT2D eigenvalue weighted by Gasteiger charge is -2.18. The van der Waals surface area contributed by atoms with Gasteiger partial charge in [-0.1, -0.05) is 0 Å². The molecule has 7 heteroatoms. The lowest BCUT2D eigenvalue weighted by Crippen LogP contribution is -2.24. The predicted molar refractivity (Wildman–Crippen MR) is 79.7 cm³/mol. The number of carboxylic acids is 1. The van der Waals surface area contributed by atoms with E-state index in [0.717, 1.165) is 31.7 Å². The van der Waals surface area contributed by atoms with Gasteiger partial charge in [0.25, 0.3) is 0 Å². The van der Waals surface area contributed by atoms with E-state index in [1.807, 2.05) is 0 Å². The summed E-state index contributed by atoms with van der Waals surface area (Å²) in [5.74, 6) is -0.430. The Morgan fingerprint density at radius 3 is 2.67 bits per heavy atom. The van der Waals surface area contributed by atoms with E-state index in [0.29, 0.717) is 11.0 Å². The van der Waals surface area contributed by atoms with E-state index in [1.54, 1.807) is 19.2 Å². The monoisotopic (exact) mass is 288 g/mol. The fourth-order valence-electron chi connectivity index (χ4n) is 2.64. The van der Waals surface area contributed by atoms with Gasteiger partial charge in [0.05, 0.1) is 5.39 Å². The number of fused-ring (bicyclic) bond motifs is 1. The van der Waals surface area contributed by atoms with Crippen LogP contribution in [0.3, 0.4) is 0 Å². The van der Waals surface area contributed by atoms with Crippen LogP contribution in [0.25, 0.3) is 11.0 Å². The number of hydrogen-bond donors (Lipinski definition) is 2. The molecular weight excluding hydrogens is 272 g/mol. The minimum atomic E-state index is -1.24. The first-order valence-corrected chi connectivity index (χ1v) is 6.84. The van der Waals surface area contributed by atoms with Gasteiger partial charge in [-0.05, 0) is 25.0 Å². The maximum Gasteiger partial charge on any atom is 0.341 e. The zero-order chi connectivity index (χ0) is 15.0. The Bertz CT molecular complexity index is 763. The number of nitrogens with zero attached hydrogens (tertiary/aromatic N) is 3. The molecule has 0 amide bonds. The molecule has 0 aliphatic carbocycles. The highest BCUT2D eigenvalue weighted by atomic mass is 16.4. The van der Waals surface area contributed by atoms with Crippen molar-refractivity contribution in [3.05, 3.63) is 34.1 Å². The second kappa shape index (κ2) is 5.08. The first-order valence-electron chi connectivity index (χ1n) is 6.84. The Labute approximate surface area is 120 Å². The van der Waals surface area contributed by atoms with Gasteiger partial charge in [-0.3, -0.25) is 4.79 Å². The van der Waals surface area contributed by atoms with E-state index < -0.39 is 11.4 Å². The van der Waals surface area contributed by atoms with E-state index in [-0.39, 0.29) is 5.56 Å². The Morgan fingerprint density at radius 1 is 1.33 bits per heavy atom. The standard InChI is InChI=1S/C14H16N4O3/c1-15-18-8-10(14(20)21)12(19)9-4-5-11(16-13(9)18)17-6-2-3-7-17/h4-5,8,15H,2-3,6-7H2,1H3,(H,20,21). The number of carboxylic acid groups (broad SMARTS) is 1. The molecule has 0 atom stereocenters. The number of hydrogen-bond acceptors (Lipinski definition) is 5. The summed E-state index contributed by atoms with van der Waals surface area (Å²) in [5, 5.41) is 9.40. The highest BCUT2D eigenvalue weighted by molar-refractivity contribution is 5.92. The van der Waals surface area contributed by atoms with Crippen LogP contribution in [0.1, 0.15) is 23.2 Å². The van der Waals surface area contributed by atoms with E-state index in [4.69, 9.17) is 5.11 Å². The third-order valence-corrected chi connectivity index (χ3v) is 3.74. The maximum absolute atomic E-state index is 12.2. The minimum absolute atomic E-state index is 0.271. The van der Waals surface area contributed by atoms with Crippen LogP contribution in [0.15, 0.2) is 23.1 Å². The number of pyridine rings is 2. The summed E-state index contributed by atoms with van der Waals surface area (Å²) in [5.41, 5.74) is 2.50. The second-order valence-electron chi connectivity index (χ2n) is 5.01. The summed E-state index contributed by atoms with van der Waals surface area (Å²) >= 11 is 0. The average Bonchev–Trinajstić information content (AvgIpc) is 3.01. The minimum Gasteiger partial charge on any atom is -0.477 e. The van der Waals surface area contributed by atoms with E-state index in [1.165, 1.54) is 10.9 Å². The van der Waals surface area contributed by atoms with Gasteiger partial charge in [-0.15, -0.1) is 0 Å². The van der Waals surface area contributed by atoms with Gasteiger partial charge >= 0.3 is 5.97 Å². The molecule has 110 valence electrons. The average molecular weight is 288 g/mol. The van der Waals surface area contributed by atoms with Crippen molar-refractivity contribution in [3.63, 3.8) is 0 Å². The highest BCUT2D eigenvalue weighted by Gasteiger charge is 2.18. The van der Waals surface area contributed by atoms with E-state index in [9.17, 15) is 9.59 Å². The third-order valence-electron chi connectivity index (χ3n) is 3.74. The highest BCUT2D eigenvalue weighted by Crippen LogP contribution is 2.20. The van der Waals surface area contributed by atoms with Gasteiger partial charge in [0.15, 0.2) is 5.65 Å². The molecule has 0 aromatic carbocycles. The van der Waals surface area contributed by atoms with Crippen LogP contribution in [0.2, 0.25) is 0 Å². The van der Waals surface area contributed by atoms with Gasteiger partial charge in [-0.2, -0.15) is 0 Å². The number of aromatic nitrogens is 2. The molecule has 2 N–H and O–H groups in total. The fourth-order valence-corrected chi connectivity index (χ4v) is 2.64. The summed E-state index contributed by atoms with van der Waals surface area (Å²) in [6.45, 7) is 1.91. The van der Waals surface area contributed by atoms with Crippen LogP contribution in [0.4, 0.5) is 5.82 Å². The van der Waals surface area contributed by atoms with Crippen LogP contribution in [-0.2, 0) is 0 Å². The number of rotatable bonds is 3. The quantitative estimate of drug-likeness (QED) is 0.871. The van der Waals surface area contributed by atoms with E-state index in [2.05, 4.69) is 15.3 Å². The molecule has 1 saturated heterocycles. The molecule has 0 unspecified atom stereocenters. The molecule has 0 radical (unpaired) electrons. The summed E-state index contributed by atoms with van der Waals surface area (Å²) in [6, 6.07) is 3.43. The van der Waals surface area contributed by atoms with Crippen LogP contribution in [0.5, 0.6) is 0 Å². The molecule has 2 aromatic heterocycles. The lowest BCUT2D eigenvalue weighted by molar-refractivity contribution is 0.0695. The van der Waals surface area contributed by atoms with Gasteiger partial charge in [0.1, 0.15) is 11.4 Å². The van der Waals surface area contributed by atoms with Crippen molar-refractivity contribution >= 4 is 22.8 Å². The van der Waals surface area contributed by atoms with Crippen LogP contribution >= 0.6 is 0 Å². The fraction of sp³-hybridized carbons (Fsp3) is 0.357. The van der Waals surface area contributed by atoms with Crippen molar-refractivity contribution < 1.29 is 9.90 Å². The maximum atomic E-state index is 12.2. The van der Waals surface area contributed by atoms with Gasteiger partial charge in [0.2, 0.25) is 5.43 Å². The molecule has 0 spiro atoms. The molecule has 1 aliphatic rings. The molecule has 2 aromatic rings. The summed E-state index contributed by atoms with van der Waals surface area (Å²) in [7, 11) is 1.65. The van der Waals surface area contributed by atoms with Crippen molar-refractivity contribution in [2.45, 2.75) is 12.8 Å². The SMILES string of the molecule is CNn1cc(C(=O)O)c(=O)c2ccc(N3CCCC3)nc21. The molecule has 7 nitrogen and oxygen atoms in total. The van der Waals surface area contributed by atoms with Crippen molar-refractivity contribution in [1.82, 2.24) is 9.66 Å². The Balaban J connectivity index is 2.23. The normalized spacial score (nSPS) is 14.6. The second-order valence-corrected chi connectivity index (χ2v) is 5.01. The van der Waals surface area contributed by atoms with Crippen LogP contribution < -0.4 is 15.8 Å². The van der Waals surface area contributed by atoms with E-state index >= 15 is 0 Å². The molecular formula is C14H16N4O3. The summed E-state index contributed by atoms with van der Waals surface area (Å²) in [4.78, 5) is 30.0. The van der Waals surface area contributed by atoms with Crippen LogP contribution in [0, 0.1) is 0 Å². The number of aromatic carboxylic acids is 1. The predicted octanol–water partition coefficient (Wildman–Crippen LogP) is 0.868. The van der Waals surface area contributed by atoms with Gasteiger partial charge in [0, 0.05) is 26.3 Å². The molecule has 0 bridgehead atoms.